The molecule has 0 saturated heterocycles. The van der Waals surface area contributed by atoms with Gasteiger partial charge in [-0.1, -0.05) is 30.0 Å². The van der Waals surface area contributed by atoms with Crippen LogP contribution >= 0.6 is 11.8 Å². The number of para-hydroxylation sites is 1. The van der Waals surface area contributed by atoms with Crippen molar-refractivity contribution in [1.82, 2.24) is 19.7 Å². The minimum absolute atomic E-state index is 0.126. The van der Waals surface area contributed by atoms with E-state index in [4.69, 9.17) is 16.2 Å². The van der Waals surface area contributed by atoms with E-state index in [0.717, 1.165) is 0 Å². The van der Waals surface area contributed by atoms with Gasteiger partial charge in [0.25, 0.3) is 5.91 Å². The largest absolute Gasteiger partial charge is 0.439 e. The fourth-order valence-corrected chi connectivity index (χ4v) is 2.64. The van der Waals surface area contributed by atoms with Crippen molar-refractivity contribution in [1.29, 1.82) is 0 Å². The van der Waals surface area contributed by atoms with Crippen molar-refractivity contribution in [2.75, 3.05) is 12.0 Å². The van der Waals surface area contributed by atoms with Crippen LogP contribution in [0.5, 0.6) is 11.6 Å². The summed E-state index contributed by atoms with van der Waals surface area (Å²) in [7, 11) is 0. The van der Waals surface area contributed by atoms with Gasteiger partial charge >= 0.3 is 0 Å². The summed E-state index contributed by atoms with van der Waals surface area (Å²) in [5.74, 6) is 0.858. The second-order valence-electron chi connectivity index (χ2n) is 5.09. The molecule has 0 unspecified atom stereocenters. The predicted octanol–water partition coefficient (Wildman–Crippen LogP) is 2.17. The Labute approximate surface area is 148 Å². The molecule has 0 aliphatic carbocycles. The fraction of sp³-hybridized carbons (Fsp3) is 0.125. The van der Waals surface area contributed by atoms with E-state index in [1.54, 1.807) is 13.0 Å². The Morgan fingerprint density at radius 1 is 1.24 bits per heavy atom. The number of aromatic nitrogens is 4. The zero-order valence-corrected chi connectivity index (χ0v) is 14.4. The number of hydrogen-bond acceptors (Lipinski definition) is 7. The van der Waals surface area contributed by atoms with Crippen molar-refractivity contribution in [3.05, 3.63) is 47.7 Å². The van der Waals surface area contributed by atoms with E-state index in [0.29, 0.717) is 28.3 Å². The number of carbonyl (C=O) groups is 1. The lowest BCUT2D eigenvalue weighted by Gasteiger charge is -2.09. The Morgan fingerprint density at radius 2 is 1.96 bits per heavy atom. The Morgan fingerprint density at radius 3 is 2.56 bits per heavy atom. The van der Waals surface area contributed by atoms with E-state index in [-0.39, 0.29) is 11.4 Å². The van der Waals surface area contributed by atoms with E-state index in [1.807, 2.05) is 36.6 Å². The van der Waals surface area contributed by atoms with Crippen LogP contribution in [0.2, 0.25) is 0 Å². The number of carbonyl (C=O) groups excluding carboxylic acids is 1. The second kappa shape index (κ2) is 6.81. The van der Waals surface area contributed by atoms with Crippen LogP contribution < -0.4 is 16.2 Å². The summed E-state index contributed by atoms with van der Waals surface area (Å²) in [4.78, 5) is 20.2. The Balaban J connectivity index is 2.06. The zero-order chi connectivity index (χ0) is 18.0. The molecule has 1 amide bonds. The number of benzene rings is 1. The van der Waals surface area contributed by atoms with Crippen LogP contribution in [0.4, 0.5) is 5.82 Å². The number of amides is 1. The average Bonchev–Trinajstić information content (AvgIpc) is 2.90. The molecule has 128 valence electrons. The molecule has 1 aromatic carbocycles. The number of ether oxygens (including phenoxy) is 1. The molecule has 3 aromatic rings. The SMILES string of the molecule is CSc1nc(Oc2ccccc2)cc(-n2nc(C)c(C(N)=O)c2N)n1. The molecule has 0 aliphatic rings. The highest BCUT2D eigenvalue weighted by atomic mass is 32.2. The summed E-state index contributed by atoms with van der Waals surface area (Å²) in [6, 6.07) is 10.8. The number of primary amides is 1. The molecule has 0 fully saturated rings. The molecule has 0 spiro atoms. The Kier molecular flexibility index (Phi) is 4.57. The van der Waals surface area contributed by atoms with Gasteiger partial charge in [0.05, 0.1) is 5.69 Å². The molecule has 0 bridgehead atoms. The highest BCUT2D eigenvalue weighted by molar-refractivity contribution is 7.98. The van der Waals surface area contributed by atoms with Crippen molar-refractivity contribution in [2.45, 2.75) is 12.1 Å². The van der Waals surface area contributed by atoms with Crippen molar-refractivity contribution in [3.8, 4) is 17.4 Å². The van der Waals surface area contributed by atoms with Gasteiger partial charge in [-0.3, -0.25) is 4.79 Å². The maximum atomic E-state index is 11.5. The van der Waals surface area contributed by atoms with Crippen LogP contribution in [0.15, 0.2) is 41.6 Å². The van der Waals surface area contributed by atoms with Crippen LogP contribution in [0.25, 0.3) is 5.82 Å². The number of nitrogen functional groups attached to an aromatic ring is 1. The molecule has 2 aromatic heterocycles. The van der Waals surface area contributed by atoms with Crippen molar-refractivity contribution in [3.63, 3.8) is 0 Å². The van der Waals surface area contributed by atoms with Crippen molar-refractivity contribution in [2.24, 2.45) is 5.73 Å². The molecule has 3 rings (SSSR count). The van der Waals surface area contributed by atoms with Crippen LogP contribution in [0.1, 0.15) is 16.1 Å². The number of thioether (sulfide) groups is 1. The van der Waals surface area contributed by atoms with E-state index in [2.05, 4.69) is 15.1 Å². The van der Waals surface area contributed by atoms with E-state index in [9.17, 15) is 4.79 Å². The molecule has 0 saturated carbocycles. The molecule has 2 heterocycles. The quantitative estimate of drug-likeness (QED) is 0.530. The number of nitrogens with zero attached hydrogens (tertiary/aromatic N) is 4. The molecule has 25 heavy (non-hydrogen) atoms. The predicted molar refractivity (Wildman–Crippen MR) is 95.1 cm³/mol. The van der Waals surface area contributed by atoms with Gasteiger partial charge in [-0.2, -0.15) is 14.8 Å². The maximum absolute atomic E-state index is 11.5. The van der Waals surface area contributed by atoms with Crippen molar-refractivity contribution < 1.29 is 9.53 Å². The fourth-order valence-electron chi connectivity index (χ4n) is 2.28. The van der Waals surface area contributed by atoms with Gasteiger partial charge in [0.15, 0.2) is 11.0 Å². The van der Waals surface area contributed by atoms with Crippen molar-refractivity contribution >= 4 is 23.5 Å². The average molecular weight is 356 g/mol. The summed E-state index contributed by atoms with van der Waals surface area (Å²) >= 11 is 1.35. The Bertz CT molecular complexity index is 926. The molecular weight excluding hydrogens is 340 g/mol. The van der Waals surface area contributed by atoms with Gasteiger partial charge in [0.2, 0.25) is 5.88 Å². The topological polar surface area (TPSA) is 122 Å². The number of hydrogen-bond donors (Lipinski definition) is 2. The van der Waals surface area contributed by atoms with Crippen LogP contribution in [0, 0.1) is 6.92 Å². The number of anilines is 1. The number of nitrogens with two attached hydrogens (primary N) is 2. The standard InChI is InChI=1S/C16H16N6O2S/c1-9-13(15(18)23)14(17)22(21-9)11-8-12(20-16(19-11)25-2)24-10-6-4-3-5-7-10/h3-8H,17H2,1-2H3,(H2,18,23). The minimum Gasteiger partial charge on any atom is -0.439 e. The molecule has 0 radical (unpaired) electrons. The summed E-state index contributed by atoms with van der Waals surface area (Å²) in [6.45, 7) is 1.66. The third kappa shape index (κ3) is 3.41. The van der Waals surface area contributed by atoms with Crippen LogP contribution in [0.3, 0.4) is 0 Å². The van der Waals surface area contributed by atoms with Crippen LogP contribution in [-0.4, -0.2) is 31.9 Å². The summed E-state index contributed by atoms with van der Waals surface area (Å²) in [6.07, 6.45) is 1.85. The molecule has 0 atom stereocenters. The van der Waals surface area contributed by atoms with Gasteiger partial charge < -0.3 is 16.2 Å². The second-order valence-corrected chi connectivity index (χ2v) is 5.86. The molecule has 8 nitrogen and oxygen atoms in total. The van der Waals surface area contributed by atoms with E-state index >= 15 is 0 Å². The van der Waals surface area contributed by atoms with E-state index < -0.39 is 5.91 Å². The highest BCUT2D eigenvalue weighted by Crippen LogP contribution is 2.26. The summed E-state index contributed by atoms with van der Waals surface area (Å²) in [5.41, 5.74) is 12.0. The number of rotatable bonds is 5. The first-order valence-electron chi connectivity index (χ1n) is 7.31. The van der Waals surface area contributed by atoms with Gasteiger partial charge in [0, 0.05) is 6.07 Å². The van der Waals surface area contributed by atoms with Gasteiger partial charge in [-0.25, -0.2) is 4.98 Å². The zero-order valence-electron chi connectivity index (χ0n) is 13.6. The molecular formula is C16H16N6O2S. The van der Waals surface area contributed by atoms with Gasteiger partial charge in [-0.05, 0) is 25.3 Å². The van der Waals surface area contributed by atoms with Gasteiger partial charge in [0.1, 0.15) is 17.1 Å². The normalized spacial score (nSPS) is 10.6. The maximum Gasteiger partial charge on any atom is 0.254 e. The summed E-state index contributed by atoms with van der Waals surface area (Å²) < 4.78 is 7.13. The first-order chi connectivity index (χ1) is 12.0. The molecule has 9 heteroatoms. The first kappa shape index (κ1) is 16.8. The number of aryl methyl sites for hydroxylation is 1. The minimum atomic E-state index is -0.638. The van der Waals surface area contributed by atoms with Crippen LogP contribution in [-0.2, 0) is 0 Å². The third-order valence-corrected chi connectivity index (χ3v) is 3.92. The summed E-state index contributed by atoms with van der Waals surface area (Å²) in [5, 5.41) is 4.74. The first-order valence-corrected chi connectivity index (χ1v) is 8.53. The molecule has 0 aliphatic heterocycles. The molecule has 4 N–H and O–H groups in total. The lowest BCUT2D eigenvalue weighted by molar-refractivity contribution is 0.100. The van der Waals surface area contributed by atoms with Gasteiger partial charge in [-0.15, -0.1) is 0 Å². The third-order valence-electron chi connectivity index (χ3n) is 3.38. The Hall–Kier alpha value is -3.07. The smallest absolute Gasteiger partial charge is 0.254 e. The monoisotopic (exact) mass is 356 g/mol. The highest BCUT2D eigenvalue weighted by Gasteiger charge is 2.20. The lowest BCUT2D eigenvalue weighted by Crippen LogP contribution is -2.14. The van der Waals surface area contributed by atoms with E-state index in [1.165, 1.54) is 16.4 Å². The lowest BCUT2D eigenvalue weighted by atomic mass is 10.2.